The number of carbonyl (C=O) groups is 1. The molecule has 3 N–H and O–H groups in total. The lowest BCUT2D eigenvalue weighted by Crippen LogP contribution is -2.50. The summed E-state index contributed by atoms with van der Waals surface area (Å²) in [5, 5.41) is 15.8. The second kappa shape index (κ2) is 7.46. The zero-order valence-corrected chi connectivity index (χ0v) is 13.4. The van der Waals surface area contributed by atoms with Crippen LogP contribution in [0.3, 0.4) is 0 Å². The summed E-state index contributed by atoms with van der Waals surface area (Å²) < 4.78 is 0. The maximum atomic E-state index is 12.2. The molecule has 1 fully saturated rings. The van der Waals surface area contributed by atoms with Crippen LogP contribution >= 0.6 is 12.4 Å². The lowest BCUT2D eigenvalue weighted by atomic mass is 9.81. The highest BCUT2D eigenvalue weighted by atomic mass is 35.5. The van der Waals surface area contributed by atoms with E-state index in [0.717, 1.165) is 25.9 Å². The Bertz CT molecular complexity index is 287. The van der Waals surface area contributed by atoms with Crippen LogP contribution in [-0.4, -0.2) is 36.8 Å². The Labute approximate surface area is 123 Å². The molecule has 4 nitrogen and oxygen atoms in total. The van der Waals surface area contributed by atoms with Gasteiger partial charge in [0.05, 0.1) is 11.5 Å². The predicted molar refractivity (Wildman–Crippen MR) is 80.5 cm³/mol. The van der Waals surface area contributed by atoms with Gasteiger partial charge in [0.25, 0.3) is 0 Å². The molecule has 1 aliphatic heterocycles. The molecule has 0 aromatic rings. The molecule has 1 saturated heterocycles. The number of hydrogen-bond donors (Lipinski definition) is 3. The van der Waals surface area contributed by atoms with Gasteiger partial charge in [0, 0.05) is 13.1 Å². The van der Waals surface area contributed by atoms with Gasteiger partial charge in [0.15, 0.2) is 0 Å². The van der Waals surface area contributed by atoms with Gasteiger partial charge in [-0.05, 0) is 45.1 Å². The van der Waals surface area contributed by atoms with E-state index in [1.54, 1.807) is 6.92 Å². The topological polar surface area (TPSA) is 61.4 Å². The molecule has 1 amide bonds. The predicted octanol–water partition coefficient (Wildman–Crippen LogP) is 1.71. The van der Waals surface area contributed by atoms with Crippen LogP contribution in [0.25, 0.3) is 0 Å². The summed E-state index contributed by atoms with van der Waals surface area (Å²) in [6, 6.07) is 0. The highest BCUT2D eigenvalue weighted by Crippen LogP contribution is 2.27. The summed E-state index contributed by atoms with van der Waals surface area (Å²) in [6.45, 7) is 10.3. The average molecular weight is 293 g/mol. The highest BCUT2D eigenvalue weighted by molar-refractivity contribution is 5.85. The molecule has 114 valence electrons. The number of hydrogen-bond acceptors (Lipinski definition) is 3. The van der Waals surface area contributed by atoms with Crippen LogP contribution in [0, 0.1) is 10.8 Å². The summed E-state index contributed by atoms with van der Waals surface area (Å²) in [6.07, 6.45) is 2.37. The molecule has 2 unspecified atom stereocenters. The van der Waals surface area contributed by atoms with E-state index in [1.165, 1.54) is 0 Å². The molecule has 0 aliphatic carbocycles. The van der Waals surface area contributed by atoms with Crippen molar-refractivity contribution in [3.05, 3.63) is 0 Å². The highest BCUT2D eigenvalue weighted by Gasteiger charge is 2.35. The van der Waals surface area contributed by atoms with Crippen molar-refractivity contribution in [3.63, 3.8) is 0 Å². The molecule has 19 heavy (non-hydrogen) atoms. The lowest BCUT2D eigenvalue weighted by molar-refractivity contribution is -0.131. The van der Waals surface area contributed by atoms with Gasteiger partial charge in [-0.2, -0.15) is 0 Å². The van der Waals surface area contributed by atoms with Crippen molar-refractivity contribution in [2.75, 3.05) is 19.6 Å². The van der Waals surface area contributed by atoms with E-state index in [1.807, 2.05) is 6.92 Å². The van der Waals surface area contributed by atoms with E-state index < -0.39 is 0 Å². The van der Waals surface area contributed by atoms with Crippen molar-refractivity contribution in [2.24, 2.45) is 10.8 Å². The molecule has 0 radical (unpaired) electrons. The van der Waals surface area contributed by atoms with Crippen LogP contribution in [0.2, 0.25) is 0 Å². The molecule has 0 saturated carbocycles. The van der Waals surface area contributed by atoms with Crippen LogP contribution in [0.1, 0.15) is 47.0 Å². The number of amides is 1. The quantitative estimate of drug-likeness (QED) is 0.723. The zero-order chi connectivity index (χ0) is 13.8. The van der Waals surface area contributed by atoms with Gasteiger partial charge in [-0.25, -0.2) is 0 Å². The standard InChI is InChI=1S/C14H28N2O2.ClH/c1-11(17)8-13(2,3)9-16-12(18)14(4)6-5-7-15-10-14;/h11,15,17H,5-10H2,1-4H3,(H,16,18);1H. The second-order valence-electron chi connectivity index (χ2n) is 6.74. The Morgan fingerprint density at radius 2 is 2.16 bits per heavy atom. The van der Waals surface area contributed by atoms with E-state index in [-0.39, 0.29) is 35.2 Å². The fourth-order valence-corrected chi connectivity index (χ4v) is 2.65. The van der Waals surface area contributed by atoms with E-state index in [2.05, 4.69) is 24.5 Å². The van der Waals surface area contributed by atoms with Crippen molar-refractivity contribution in [1.82, 2.24) is 10.6 Å². The Morgan fingerprint density at radius 3 is 2.63 bits per heavy atom. The maximum absolute atomic E-state index is 12.2. The molecule has 2 atom stereocenters. The Kier molecular flexibility index (Phi) is 7.33. The monoisotopic (exact) mass is 292 g/mol. The largest absolute Gasteiger partial charge is 0.393 e. The van der Waals surface area contributed by atoms with E-state index in [9.17, 15) is 9.90 Å². The van der Waals surface area contributed by atoms with Crippen LogP contribution in [0.4, 0.5) is 0 Å². The molecular formula is C14H29ClN2O2. The molecule has 0 spiro atoms. The molecule has 0 aromatic heterocycles. The first-order valence-electron chi connectivity index (χ1n) is 6.92. The Balaban J connectivity index is 0.00000324. The summed E-state index contributed by atoms with van der Waals surface area (Å²) in [5.41, 5.74) is -0.346. The fourth-order valence-electron chi connectivity index (χ4n) is 2.65. The number of nitrogens with one attached hydrogen (secondary N) is 2. The maximum Gasteiger partial charge on any atom is 0.227 e. The van der Waals surface area contributed by atoms with Crippen LogP contribution in [-0.2, 0) is 4.79 Å². The first-order chi connectivity index (χ1) is 8.25. The summed E-state index contributed by atoms with van der Waals surface area (Å²) >= 11 is 0. The van der Waals surface area contributed by atoms with Gasteiger partial charge in [-0.15, -0.1) is 12.4 Å². The van der Waals surface area contributed by atoms with E-state index in [0.29, 0.717) is 13.0 Å². The third kappa shape index (κ3) is 6.11. The smallest absolute Gasteiger partial charge is 0.227 e. The number of carbonyl (C=O) groups excluding carboxylic acids is 1. The molecule has 0 aromatic carbocycles. The van der Waals surface area contributed by atoms with Crippen molar-refractivity contribution in [2.45, 2.75) is 53.1 Å². The number of piperidine rings is 1. The SMILES string of the molecule is CC(O)CC(C)(C)CNC(=O)C1(C)CCCNC1.Cl. The summed E-state index contributed by atoms with van der Waals surface area (Å²) in [4.78, 5) is 12.2. The van der Waals surface area contributed by atoms with Crippen molar-refractivity contribution in [1.29, 1.82) is 0 Å². The Hall–Kier alpha value is -0.320. The number of aliphatic hydroxyl groups is 1. The van der Waals surface area contributed by atoms with Gasteiger partial charge < -0.3 is 15.7 Å². The van der Waals surface area contributed by atoms with E-state index in [4.69, 9.17) is 0 Å². The van der Waals surface area contributed by atoms with Crippen molar-refractivity contribution in [3.8, 4) is 0 Å². The molecule has 1 heterocycles. The summed E-state index contributed by atoms with van der Waals surface area (Å²) in [7, 11) is 0. The number of aliphatic hydroxyl groups excluding tert-OH is 1. The van der Waals surface area contributed by atoms with Gasteiger partial charge in [-0.3, -0.25) is 4.79 Å². The van der Waals surface area contributed by atoms with Gasteiger partial charge >= 0.3 is 0 Å². The van der Waals surface area contributed by atoms with Crippen molar-refractivity contribution < 1.29 is 9.90 Å². The third-order valence-corrected chi connectivity index (χ3v) is 3.72. The minimum absolute atomic E-state index is 0. The summed E-state index contributed by atoms with van der Waals surface area (Å²) in [5.74, 6) is 0.133. The van der Waals surface area contributed by atoms with Crippen molar-refractivity contribution >= 4 is 18.3 Å². The van der Waals surface area contributed by atoms with E-state index >= 15 is 0 Å². The molecule has 5 heteroatoms. The third-order valence-electron chi connectivity index (χ3n) is 3.72. The molecule has 1 aliphatic rings. The van der Waals surface area contributed by atoms with Crippen LogP contribution in [0.5, 0.6) is 0 Å². The van der Waals surface area contributed by atoms with Gasteiger partial charge in [0.1, 0.15) is 0 Å². The number of rotatable bonds is 5. The first-order valence-corrected chi connectivity index (χ1v) is 6.92. The number of halogens is 1. The Morgan fingerprint density at radius 1 is 1.53 bits per heavy atom. The minimum atomic E-state index is -0.330. The first kappa shape index (κ1) is 18.7. The molecule has 1 rings (SSSR count). The zero-order valence-electron chi connectivity index (χ0n) is 12.6. The average Bonchev–Trinajstić information content (AvgIpc) is 2.25. The lowest BCUT2D eigenvalue weighted by Gasteiger charge is -2.34. The van der Waals surface area contributed by atoms with Gasteiger partial charge in [0.2, 0.25) is 5.91 Å². The van der Waals surface area contributed by atoms with Gasteiger partial charge in [-0.1, -0.05) is 13.8 Å². The minimum Gasteiger partial charge on any atom is -0.393 e. The normalized spacial score (nSPS) is 25.3. The van der Waals surface area contributed by atoms with Crippen LogP contribution in [0.15, 0.2) is 0 Å². The fraction of sp³-hybridized carbons (Fsp3) is 0.929. The molecular weight excluding hydrogens is 264 g/mol. The molecule has 0 bridgehead atoms. The van der Waals surface area contributed by atoms with Crippen LogP contribution < -0.4 is 10.6 Å². The second-order valence-corrected chi connectivity index (χ2v) is 6.74.